The van der Waals surface area contributed by atoms with Gasteiger partial charge in [-0.05, 0) is 31.0 Å². The molecule has 17 heavy (non-hydrogen) atoms. The van der Waals surface area contributed by atoms with E-state index in [0.29, 0.717) is 12.2 Å². The first-order valence-corrected chi connectivity index (χ1v) is 5.98. The molecule has 4 heteroatoms. The predicted octanol–water partition coefficient (Wildman–Crippen LogP) is 3.01. The van der Waals surface area contributed by atoms with E-state index < -0.39 is 0 Å². The summed E-state index contributed by atoms with van der Waals surface area (Å²) < 4.78 is 0. The predicted molar refractivity (Wildman–Crippen MR) is 69.4 cm³/mol. The summed E-state index contributed by atoms with van der Waals surface area (Å²) in [6.07, 6.45) is 3.21. The molecule has 0 fully saturated rings. The molecule has 1 rings (SSSR count). The standard InChI is InChI=1S/C13H20N2O2/c1-3-4-5-8-14-13(17)15-11-7-6-10(2)9-12(11)16/h6-7,9,16H,3-5,8H2,1-2H3,(H2,14,15,17). The van der Waals surface area contributed by atoms with Crippen molar-refractivity contribution in [3.05, 3.63) is 23.8 Å². The number of carbonyl (C=O) groups excluding carboxylic acids is 1. The summed E-state index contributed by atoms with van der Waals surface area (Å²) in [6, 6.07) is 4.87. The van der Waals surface area contributed by atoms with Gasteiger partial charge in [-0.2, -0.15) is 0 Å². The Labute approximate surface area is 102 Å². The highest BCUT2D eigenvalue weighted by molar-refractivity contribution is 5.90. The number of anilines is 1. The highest BCUT2D eigenvalue weighted by Crippen LogP contribution is 2.23. The fraction of sp³-hybridized carbons (Fsp3) is 0.462. The molecule has 0 radical (unpaired) electrons. The van der Waals surface area contributed by atoms with E-state index >= 15 is 0 Å². The van der Waals surface area contributed by atoms with Crippen molar-refractivity contribution in [1.29, 1.82) is 0 Å². The second kappa shape index (κ2) is 6.78. The Kier molecular flexibility index (Phi) is 5.33. The number of benzene rings is 1. The third kappa shape index (κ3) is 4.76. The molecular weight excluding hydrogens is 216 g/mol. The molecule has 0 heterocycles. The topological polar surface area (TPSA) is 61.4 Å². The molecule has 0 bridgehead atoms. The van der Waals surface area contributed by atoms with E-state index in [9.17, 15) is 9.90 Å². The summed E-state index contributed by atoms with van der Waals surface area (Å²) in [7, 11) is 0. The van der Waals surface area contributed by atoms with Gasteiger partial charge >= 0.3 is 6.03 Å². The normalized spacial score (nSPS) is 10.0. The van der Waals surface area contributed by atoms with Gasteiger partial charge in [-0.15, -0.1) is 0 Å². The van der Waals surface area contributed by atoms with Crippen LogP contribution in [-0.4, -0.2) is 17.7 Å². The lowest BCUT2D eigenvalue weighted by Crippen LogP contribution is -2.29. The van der Waals surface area contributed by atoms with Gasteiger partial charge in [0.1, 0.15) is 5.75 Å². The maximum atomic E-state index is 11.5. The molecule has 0 aliphatic carbocycles. The van der Waals surface area contributed by atoms with E-state index in [4.69, 9.17) is 0 Å². The van der Waals surface area contributed by atoms with E-state index in [0.717, 1.165) is 24.8 Å². The van der Waals surface area contributed by atoms with E-state index in [-0.39, 0.29) is 11.8 Å². The first-order valence-electron chi connectivity index (χ1n) is 5.98. The molecule has 1 aromatic rings. The molecule has 0 aliphatic heterocycles. The molecule has 1 aromatic carbocycles. The third-order valence-electron chi connectivity index (χ3n) is 2.47. The Morgan fingerprint density at radius 2 is 2.12 bits per heavy atom. The summed E-state index contributed by atoms with van der Waals surface area (Å²) in [5.74, 6) is 0.0914. The minimum Gasteiger partial charge on any atom is -0.506 e. The van der Waals surface area contributed by atoms with Gasteiger partial charge in [-0.25, -0.2) is 4.79 Å². The van der Waals surface area contributed by atoms with Crippen molar-refractivity contribution in [2.75, 3.05) is 11.9 Å². The van der Waals surface area contributed by atoms with Gasteiger partial charge in [0, 0.05) is 6.54 Å². The van der Waals surface area contributed by atoms with Crippen molar-refractivity contribution in [2.24, 2.45) is 0 Å². The maximum absolute atomic E-state index is 11.5. The van der Waals surface area contributed by atoms with Crippen LogP contribution in [0.1, 0.15) is 31.7 Å². The van der Waals surface area contributed by atoms with Gasteiger partial charge in [0.05, 0.1) is 5.69 Å². The van der Waals surface area contributed by atoms with E-state index in [1.165, 1.54) is 0 Å². The average molecular weight is 236 g/mol. The molecule has 0 unspecified atom stereocenters. The number of unbranched alkanes of at least 4 members (excludes halogenated alkanes) is 2. The zero-order valence-electron chi connectivity index (χ0n) is 10.4. The Morgan fingerprint density at radius 1 is 1.35 bits per heavy atom. The number of rotatable bonds is 5. The van der Waals surface area contributed by atoms with Gasteiger partial charge < -0.3 is 15.7 Å². The molecule has 0 aliphatic rings. The van der Waals surface area contributed by atoms with Crippen LogP contribution >= 0.6 is 0 Å². The number of aromatic hydroxyl groups is 1. The summed E-state index contributed by atoms with van der Waals surface area (Å²) in [4.78, 5) is 11.5. The number of phenolic OH excluding ortho intramolecular Hbond substituents is 1. The Hall–Kier alpha value is -1.71. The molecule has 0 saturated heterocycles. The first-order chi connectivity index (χ1) is 8.13. The lowest BCUT2D eigenvalue weighted by Gasteiger charge is -2.09. The second-order valence-electron chi connectivity index (χ2n) is 4.11. The molecule has 4 nitrogen and oxygen atoms in total. The summed E-state index contributed by atoms with van der Waals surface area (Å²) >= 11 is 0. The van der Waals surface area contributed by atoms with Crippen LogP contribution in [0.25, 0.3) is 0 Å². The number of hydrogen-bond donors (Lipinski definition) is 3. The van der Waals surface area contributed by atoms with Gasteiger partial charge in [0.2, 0.25) is 0 Å². The minimum absolute atomic E-state index is 0.0914. The third-order valence-corrected chi connectivity index (χ3v) is 2.47. The highest BCUT2D eigenvalue weighted by Gasteiger charge is 2.05. The molecule has 3 N–H and O–H groups in total. The number of urea groups is 1. The van der Waals surface area contributed by atoms with Crippen LogP contribution in [0.3, 0.4) is 0 Å². The fourth-order valence-electron chi connectivity index (χ4n) is 1.49. The monoisotopic (exact) mass is 236 g/mol. The van der Waals surface area contributed by atoms with Crippen LogP contribution in [0.15, 0.2) is 18.2 Å². The maximum Gasteiger partial charge on any atom is 0.319 e. The molecule has 0 aromatic heterocycles. The second-order valence-corrected chi connectivity index (χ2v) is 4.11. The van der Waals surface area contributed by atoms with Crippen molar-refractivity contribution in [3.63, 3.8) is 0 Å². The van der Waals surface area contributed by atoms with Crippen molar-refractivity contribution in [1.82, 2.24) is 5.32 Å². The van der Waals surface area contributed by atoms with Crippen LogP contribution in [0.4, 0.5) is 10.5 Å². The van der Waals surface area contributed by atoms with Crippen LogP contribution in [0.5, 0.6) is 5.75 Å². The van der Waals surface area contributed by atoms with Gasteiger partial charge in [0.25, 0.3) is 0 Å². The van der Waals surface area contributed by atoms with Crippen molar-refractivity contribution >= 4 is 11.7 Å². The zero-order chi connectivity index (χ0) is 12.7. The van der Waals surface area contributed by atoms with E-state index in [1.54, 1.807) is 12.1 Å². The Balaban J connectivity index is 2.40. The molecule has 2 amide bonds. The molecular formula is C13H20N2O2. The zero-order valence-corrected chi connectivity index (χ0v) is 10.4. The van der Waals surface area contributed by atoms with Crippen LogP contribution in [0.2, 0.25) is 0 Å². The molecule has 0 saturated carbocycles. The smallest absolute Gasteiger partial charge is 0.319 e. The Bertz CT molecular complexity index is 378. The van der Waals surface area contributed by atoms with Gasteiger partial charge in [-0.3, -0.25) is 0 Å². The number of carbonyl (C=O) groups is 1. The number of phenols is 1. The van der Waals surface area contributed by atoms with Crippen LogP contribution < -0.4 is 10.6 Å². The first kappa shape index (κ1) is 13.4. The summed E-state index contributed by atoms with van der Waals surface area (Å²) in [5, 5.41) is 15.0. The molecule has 0 spiro atoms. The number of hydrogen-bond acceptors (Lipinski definition) is 2. The minimum atomic E-state index is -0.278. The lowest BCUT2D eigenvalue weighted by atomic mass is 10.2. The van der Waals surface area contributed by atoms with Gasteiger partial charge in [-0.1, -0.05) is 25.8 Å². The van der Waals surface area contributed by atoms with Crippen molar-refractivity contribution in [2.45, 2.75) is 33.1 Å². The van der Waals surface area contributed by atoms with Crippen molar-refractivity contribution < 1.29 is 9.90 Å². The Morgan fingerprint density at radius 3 is 2.76 bits per heavy atom. The van der Waals surface area contributed by atoms with Crippen molar-refractivity contribution in [3.8, 4) is 5.75 Å². The number of nitrogens with one attached hydrogen (secondary N) is 2. The quantitative estimate of drug-likeness (QED) is 0.543. The summed E-state index contributed by atoms with van der Waals surface area (Å²) in [6.45, 7) is 4.66. The number of aryl methyl sites for hydroxylation is 1. The van der Waals surface area contributed by atoms with Crippen LogP contribution in [0, 0.1) is 6.92 Å². The highest BCUT2D eigenvalue weighted by atomic mass is 16.3. The average Bonchev–Trinajstić information content (AvgIpc) is 2.28. The SMILES string of the molecule is CCCCCNC(=O)Nc1ccc(C)cc1O. The van der Waals surface area contributed by atoms with Crippen LogP contribution in [-0.2, 0) is 0 Å². The fourth-order valence-corrected chi connectivity index (χ4v) is 1.49. The van der Waals surface area contributed by atoms with E-state index in [2.05, 4.69) is 17.6 Å². The molecule has 0 atom stereocenters. The lowest BCUT2D eigenvalue weighted by molar-refractivity contribution is 0.251. The molecule has 94 valence electrons. The van der Waals surface area contributed by atoms with Gasteiger partial charge in [0.15, 0.2) is 0 Å². The summed E-state index contributed by atoms with van der Waals surface area (Å²) in [5.41, 5.74) is 1.39. The van der Waals surface area contributed by atoms with E-state index in [1.807, 2.05) is 13.0 Å². The number of amides is 2. The largest absolute Gasteiger partial charge is 0.506 e.